The summed E-state index contributed by atoms with van der Waals surface area (Å²) in [6, 6.07) is 3.59. The lowest BCUT2D eigenvalue weighted by molar-refractivity contribution is 0.224. The molecule has 0 bridgehead atoms. The zero-order valence-corrected chi connectivity index (χ0v) is 8.69. The van der Waals surface area contributed by atoms with Crippen molar-refractivity contribution in [1.82, 2.24) is 0 Å². The molecule has 3 nitrogen and oxygen atoms in total. The molecule has 2 atom stereocenters. The monoisotopic (exact) mass is 206 g/mol. The fraction of sp³-hybridized carbons (Fsp3) is 0.500. The molecule has 1 fully saturated rings. The second-order valence-corrected chi connectivity index (χ2v) is 4.26. The van der Waals surface area contributed by atoms with E-state index in [0.717, 1.165) is 17.7 Å². The van der Waals surface area contributed by atoms with Crippen LogP contribution in [0.2, 0.25) is 0 Å². The van der Waals surface area contributed by atoms with Crippen molar-refractivity contribution in [1.29, 1.82) is 0 Å². The van der Waals surface area contributed by atoms with Crippen LogP contribution in [0.5, 0.6) is 17.2 Å². The number of phenolic OH excluding ortho intramolecular Hbond substituents is 1. The molecular formula is C12H14O3. The molecule has 80 valence electrons. The van der Waals surface area contributed by atoms with Gasteiger partial charge in [0.2, 0.25) is 0 Å². The molecule has 2 aliphatic rings. The van der Waals surface area contributed by atoms with Crippen LogP contribution in [0.1, 0.15) is 30.7 Å². The molecule has 1 N–H and O–H groups in total. The van der Waals surface area contributed by atoms with Crippen LogP contribution in [0.3, 0.4) is 0 Å². The van der Waals surface area contributed by atoms with E-state index in [4.69, 9.17) is 9.47 Å². The van der Waals surface area contributed by atoms with Gasteiger partial charge in [-0.2, -0.15) is 0 Å². The summed E-state index contributed by atoms with van der Waals surface area (Å²) >= 11 is 0. The summed E-state index contributed by atoms with van der Waals surface area (Å²) in [6.07, 6.45) is 3.85. The summed E-state index contributed by atoms with van der Waals surface area (Å²) in [5, 5.41) is 9.71. The van der Waals surface area contributed by atoms with Crippen molar-refractivity contribution >= 4 is 0 Å². The Morgan fingerprint density at radius 2 is 2.27 bits per heavy atom. The van der Waals surface area contributed by atoms with Crippen molar-refractivity contribution in [2.45, 2.75) is 31.3 Å². The van der Waals surface area contributed by atoms with E-state index in [1.165, 1.54) is 12.8 Å². The number of phenols is 1. The first-order valence-corrected chi connectivity index (χ1v) is 5.37. The molecule has 15 heavy (non-hydrogen) atoms. The summed E-state index contributed by atoms with van der Waals surface area (Å²) in [4.78, 5) is 0. The minimum Gasteiger partial charge on any atom is -0.504 e. The number of rotatable bonds is 1. The molecular weight excluding hydrogens is 192 g/mol. The van der Waals surface area contributed by atoms with Gasteiger partial charge in [-0.05, 0) is 25.3 Å². The number of aromatic hydroxyl groups is 1. The highest BCUT2D eigenvalue weighted by molar-refractivity contribution is 5.53. The molecule has 3 heteroatoms. The van der Waals surface area contributed by atoms with Gasteiger partial charge >= 0.3 is 0 Å². The predicted molar refractivity (Wildman–Crippen MR) is 55.7 cm³/mol. The Morgan fingerprint density at radius 3 is 3.07 bits per heavy atom. The molecule has 0 amide bonds. The molecule has 1 aromatic carbocycles. The maximum Gasteiger partial charge on any atom is 0.164 e. The second-order valence-electron chi connectivity index (χ2n) is 4.26. The zero-order valence-electron chi connectivity index (χ0n) is 8.69. The van der Waals surface area contributed by atoms with Crippen molar-refractivity contribution in [2.75, 3.05) is 7.11 Å². The Kier molecular flexibility index (Phi) is 1.81. The van der Waals surface area contributed by atoms with Crippen molar-refractivity contribution in [2.24, 2.45) is 0 Å². The quantitative estimate of drug-likeness (QED) is 0.767. The second kappa shape index (κ2) is 3.05. The molecule has 1 heterocycles. The first-order valence-electron chi connectivity index (χ1n) is 5.37. The Hall–Kier alpha value is -1.38. The van der Waals surface area contributed by atoms with Crippen molar-refractivity contribution in [3.8, 4) is 17.2 Å². The Balaban J connectivity index is 2.06. The SMILES string of the molecule is COc1cc2c(cc1O)[C@@H]1CCC[C@@H]1O2. The van der Waals surface area contributed by atoms with Gasteiger partial charge < -0.3 is 14.6 Å². The molecule has 0 saturated heterocycles. The lowest BCUT2D eigenvalue weighted by atomic mass is 9.97. The average Bonchev–Trinajstić information content (AvgIpc) is 2.77. The standard InChI is InChI=1S/C12H14O3/c1-14-12-6-11-8(5-9(12)13)7-3-2-4-10(7)15-11/h5-7,10,13H,2-4H2,1H3/t7-,10-/m0/s1. The molecule has 0 unspecified atom stereocenters. The third kappa shape index (κ3) is 1.19. The first kappa shape index (κ1) is 8.89. The summed E-state index contributed by atoms with van der Waals surface area (Å²) < 4.78 is 10.9. The third-order valence-corrected chi connectivity index (χ3v) is 3.44. The van der Waals surface area contributed by atoms with Gasteiger partial charge in [0.15, 0.2) is 11.5 Å². The topological polar surface area (TPSA) is 38.7 Å². The average molecular weight is 206 g/mol. The van der Waals surface area contributed by atoms with E-state index in [-0.39, 0.29) is 5.75 Å². The van der Waals surface area contributed by atoms with Gasteiger partial charge in [0.1, 0.15) is 11.9 Å². The van der Waals surface area contributed by atoms with Crippen LogP contribution < -0.4 is 9.47 Å². The van der Waals surface area contributed by atoms with Gasteiger partial charge in [-0.15, -0.1) is 0 Å². The van der Waals surface area contributed by atoms with Crippen LogP contribution in [0.15, 0.2) is 12.1 Å². The van der Waals surface area contributed by atoms with Gasteiger partial charge in [0.05, 0.1) is 7.11 Å². The number of hydrogen-bond acceptors (Lipinski definition) is 3. The summed E-state index contributed by atoms with van der Waals surface area (Å²) in [6.45, 7) is 0. The van der Waals surface area contributed by atoms with Crippen LogP contribution in [0.4, 0.5) is 0 Å². The smallest absolute Gasteiger partial charge is 0.164 e. The van der Waals surface area contributed by atoms with E-state index < -0.39 is 0 Å². The normalized spacial score (nSPS) is 27.0. The van der Waals surface area contributed by atoms with Crippen LogP contribution in [-0.2, 0) is 0 Å². The van der Waals surface area contributed by atoms with E-state index >= 15 is 0 Å². The van der Waals surface area contributed by atoms with E-state index in [0.29, 0.717) is 17.8 Å². The lowest BCUT2D eigenvalue weighted by Gasteiger charge is -2.07. The van der Waals surface area contributed by atoms with Crippen LogP contribution >= 0.6 is 0 Å². The third-order valence-electron chi connectivity index (χ3n) is 3.44. The van der Waals surface area contributed by atoms with E-state index in [1.54, 1.807) is 19.2 Å². The fourth-order valence-electron chi connectivity index (χ4n) is 2.71. The lowest BCUT2D eigenvalue weighted by Crippen LogP contribution is -2.10. The highest BCUT2D eigenvalue weighted by Crippen LogP contribution is 2.50. The minimum absolute atomic E-state index is 0.215. The van der Waals surface area contributed by atoms with Gasteiger partial charge in [-0.25, -0.2) is 0 Å². The van der Waals surface area contributed by atoms with Crippen LogP contribution in [0.25, 0.3) is 0 Å². The van der Waals surface area contributed by atoms with E-state index in [1.807, 2.05) is 0 Å². The molecule has 1 saturated carbocycles. The molecule has 3 rings (SSSR count). The number of hydrogen-bond donors (Lipinski definition) is 1. The predicted octanol–water partition coefficient (Wildman–Crippen LogP) is 2.43. The van der Waals surface area contributed by atoms with Crippen molar-refractivity contribution in [3.05, 3.63) is 17.7 Å². The van der Waals surface area contributed by atoms with Crippen molar-refractivity contribution < 1.29 is 14.6 Å². The molecule has 1 aromatic rings. The summed E-state index contributed by atoms with van der Waals surface area (Å²) in [5.74, 6) is 2.08. The first-order chi connectivity index (χ1) is 7.29. The van der Waals surface area contributed by atoms with Crippen LogP contribution in [0, 0.1) is 0 Å². The maximum absolute atomic E-state index is 9.71. The maximum atomic E-state index is 9.71. The Labute approximate surface area is 88.6 Å². The Bertz CT molecular complexity index is 400. The fourth-order valence-corrected chi connectivity index (χ4v) is 2.71. The van der Waals surface area contributed by atoms with E-state index in [9.17, 15) is 5.11 Å². The Morgan fingerprint density at radius 1 is 1.40 bits per heavy atom. The van der Waals surface area contributed by atoms with Gasteiger partial charge in [-0.3, -0.25) is 0 Å². The number of methoxy groups -OCH3 is 1. The number of benzene rings is 1. The highest BCUT2D eigenvalue weighted by atomic mass is 16.5. The largest absolute Gasteiger partial charge is 0.504 e. The summed E-state index contributed by atoms with van der Waals surface area (Å²) in [7, 11) is 1.55. The molecule has 0 spiro atoms. The molecule has 1 aliphatic carbocycles. The summed E-state index contributed by atoms with van der Waals surface area (Å²) in [5.41, 5.74) is 1.15. The highest BCUT2D eigenvalue weighted by Gasteiger charge is 2.38. The van der Waals surface area contributed by atoms with E-state index in [2.05, 4.69) is 0 Å². The number of ether oxygens (including phenoxy) is 2. The van der Waals surface area contributed by atoms with Gasteiger partial charge in [0.25, 0.3) is 0 Å². The number of fused-ring (bicyclic) bond motifs is 3. The minimum atomic E-state index is 0.215. The molecule has 0 aromatic heterocycles. The zero-order chi connectivity index (χ0) is 10.4. The van der Waals surface area contributed by atoms with Crippen molar-refractivity contribution in [3.63, 3.8) is 0 Å². The van der Waals surface area contributed by atoms with Gasteiger partial charge in [0, 0.05) is 17.5 Å². The molecule has 1 aliphatic heterocycles. The van der Waals surface area contributed by atoms with Gasteiger partial charge in [-0.1, -0.05) is 0 Å². The molecule has 0 radical (unpaired) electrons. The van der Waals surface area contributed by atoms with Crippen LogP contribution in [-0.4, -0.2) is 18.3 Å².